The molecule has 2 aliphatic rings. The maximum atomic E-state index is 12.7. The molecule has 4 rings (SSSR count). The van der Waals surface area contributed by atoms with Crippen molar-refractivity contribution >= 4 is 43.9 Å². The minimum absolute atomic E-state index is 0.106. The number of nitrogens with zero attached hydrogens (tertiary/aromatic N) is 1. The van der Waals surface area contributed by atoms with E-state index in [0.717, 1.165) is 28.7 Å². The molecule has 6 heteroatoms. The molecule has 1 amide bonds. The number of hydrogen-bond acceptors (Lipinski definition) is 4. The van der Waals surface area contributed by atoms with Gasteiger partial charge in [-0.05, 0) is 42.2 Å². The quantitative estimate of drug-likeness (QED) is 0.923. The summed E-state index contributed by atoms with van der Waals surface area (Å²) in [5, 5.41) is 11.5. The number of aliphatic carboxylic acids is 1. The van der Waals surface area contributed by atoms with Gasteiger partial charge in [-0.2, -0.15) is 0 Å². The summed E-state index contributed by atoms with van der Waals surface area (Å²) in [5.41, 5.74) is 0. The average Bonchev–Trinajstić information content (AvgIpc) is 3.15. The molecule has 2 aromatic heterocycles. The van der Waals surface area contributed by atoms with Crippen molar-refractivity contribution in [3.63, 3.8) is 0 Å². The van der Waals surface area contributed by atoms with Crippen molar-refractivity contribution in [3.05, 3.63) is 22.4 Å². The van der Waals surface area contributed by atoms with E-state index in [1.54, 1.807) is 16.2 Å². The van der Waals surface area contributed by atoms with Crippen LogP contribution in [0.25, 0.3) is 9.40 Å². The number of thiophene rings is 2. The standard InChI is InChI=1S/C15H15NO3S2/c17-14(12-6-11-10(21-12)4-5-20-11)16-7-8-2-1-3-9(8)13(16)15(18)19/h4-6,8-9,13H,1-3,7H2,(H,18,19). The monoisotopic (exact) mass is 321 g/mol. The molecule has 0 aromatic carbocycles. The lowest BCUT2D eigenvalue weighted by atomic mass is 9.94. The van der Waals surface area contributed by atoms with Crippen LogP contribution in [0.3, 0.4) is 0 Å². The van der Waals surface area contributed by atoms with Gasteiger partial charge in [-0.25, -0.2) is 4.79 Å². The van der Waals surface area contributed by atoms with E-state index in [9.17, 15) is 14.7 Å². The van der Waals surface area contributed by atoms with Gasteiger partial charge in [-0.1, -0.05) is 6.42 Å². The van der Waals surface area contributed by atoms with Gasteiger partial charge in [0.1, 0.15) is 6.04 Å². The zero-order valence-electron chi connectivity index (χ0n) is 11.3. The van der Waals surface area contributed by atoms with E-state index in [4.69, 9.17) is 0 Å². The molecule has 2 fully saturated rings. The highest BCUT2D eigenvalue weighted by atomic mass is 32.1. The van der Waals surface area contributed by atoms with Crippen LogP contribution in [-0.4, -0.2) is 34.5 Å². The van der Waals surface area contributed by atoms with Crippen LogP contribution in [0.4, 0.5) is 0 Å². The Morgan fingerprint density at radius 3 is 2.90 bits per heavy atom. The molecule has 1 aliphatic heterocycles. The van der Waals surface area contributed by atoms with Gasteiger partial charge in [-0.15, -0.1) is 22.7 Å². The summed E-state index contributed by atoms with van der Waals surface area (Å²) >= 11 is 3.08. The van der Waals surface area contributed by atoms with Gasteiger partial charge < -0.3 is 10.0 Å². The van der Waals surface area contributed by atoms with Crippen LogP contribution in [-0.2, 0) is 4.79 Å². The largest absolute Gasteiger partial charge is 0.480 e. The lowest BCUT2D eigenvalue weighted by Gasteiger charge is -2.23. The molecule has 3 heterocycles. The second-order valence-electron chi connectivity index (χ2n) is 5.86. The molecule has 21 heavy (non-hydrogen) atoms. The van der Waals surface area contributed by atoms with Crippen molar-refractivity contribution in [1.29, 1.82) is 0 Å². The Balaban J connectivity index is 1.66. The number of carboxylic acids is 1. The summed E-state index contributed by atoms with van der Waals surface area (Å²) in [6, 6.07) is 3.28. The van der Waals surface area contributed by atoms with Gasteiger partial charge in [-0.3, -0.25) is 4.79 Å². The Labute approximate surface area is 130 Å². The van der Waals surface area contributed by atoms with Gasteiger partial charge in [0, 0.05) is 15.9 Å². The minimum Gasteiger partial charge on any atom is -0.480 e. The number of hydrogen-bond donors (Lipinski definition) is 1. The number of carbonyl (C=O) groups is 2. The van der Waals surface area contributed by atoms with E-state index >= 15 is 0 Å². The molecule has 0 spiro atoms. The van der Waals surface area contributed by atoms with E-state index < -0.39 is 12.0 Å². The second-order valence-corrected chi connectivity index (χ2v) is 7.89. The van der Waals surface area contributed by atoms with Crippen molar-refractivity contribution in [2.24, 2.45) is 11.8 Å². The molecule has 0 bridgehead atoms. The molecule has 3 atom stereocenters. The molecule has 1 aliphatic carbocycles. The smallest absolute Gasteiger partial charge is 0.326 e. The van der Waals surface area contributed by atoms with Gasteiger partial charge in [0.15, 0.2) is 0 Å². The van der Waals surface area contributed by atoms with Crippen LogP contribution >= 0.6 is 22.7 Å². The van der Waals surface area contributed by atoms with Crippen LogP contribution in [0.15, 0.2) is 17.5 Å². The Kier molecular flexibility index (Phi) is 3.04. The topological polar surface area (TPSA) is 57.6 Å². The summed E-state index contributed by atoms with van der Waals surface area (Å²) in [6.45, 7) is 0.603. The van der Waals surface area contributed by atoms with Crippen LogP contribution in [0.2, 0.25) is 0 Å². The molecule has 1 N–H and O–H groups in total. The van der Waals surface area contributed by atoms with E-state index in [1.807, 2.05) is 17.5 Å². The van der Waals surface area contributed by atoms with Gasteiger partial charge in [0.25, 0.3) is 5.91 Å². The Morgan fingerprint density at radius 1 is 1.29 bits per heavy atom. The third-order valence-corrected chi connectivity index (χ3v) is 6.84. The highest BCUT2D eigenvalue weighted by Crippen LogP contribution is 2.43. The van der Waals surface area contributed by atoms with Crippen molar-refractivity contribution in [1.82, 2.24) is 4.90 Å². The SMILES string of the molecule is O=C(O)C1C2CCCC2CN1C(=O)c1cc2sccc2s1. The number of rotatable bonds is 2. The first-order valence-corrected chi connectivity index (χ1v) is 8.85. The second kappa shape index (κ2) is 4.81. The molecule has 4 nitrogen and oxygen atoms in total. The van der Waals surface area contributed by atoms with Crippen molar-refractivity contribution < 1.29 is 14.7 Å². The summed E-state index contributed by atoms with van der Waals surface area (Å²) in [6.07, 6.45) is 3.08. The van der Waals surface area contributed by atoms with Crippen molar-refractivity contribution in [2.75, 3.05) is 6.54 Å². The Hall–Kier alpha value is -1.40. The Morgan fingerprint density at radius 2 is 2.14 bits per heavy atom. The zero-order chi connectivity index (χ0) is 14.6. The van der Waals surface area contributed by atoms with E-state index in [1.165, 1.54) is 11.3 Å². The fourth-order valence-corrected chi connectivity index (χ4v) is 5.91. The highest BCUT2D eigenvalue weighted by molar-refractivity contribution is 7.27. The number of carbonyl (C=O) groups excluding carboxylic acids is 1. The molecular weight excluding hydrogens is 306 g/mol. The molecule has 110 valence electrons. The summed E-state index contributed by atoms with van der Waals surface area (Å²) < 4.78 is 2.21. The fraction of sp³-hybridized carbons (Fsp3) is 0.467. The molecule has 3 unspecified atom stereocenters. The first-order chi connectivity index (χ1) is 10.1. The predicted octanol–water partition coefficient (Wildman–Crippen LogP) is 3.29. The Bertz CT molecular complexity index is 691. The molecule has 1 saturated heterocycles. The third kappa shape index (κ3) is 2.00. The number of fused-ring (bicyclic) bond motifs is 2. The summed E-state index contributed by atoms with van der Waals surface area (Å²) in [4.78, 5) is 26.6. The lowest BCUT2D eigenvalue weighted by Crippen LogP contribution is -2.43. The summed E-state index contributed by atoms with van der Waals surface area (Å²) in [7, 11) is 0. The van der Waals surface area contributed by atoms with Crippen LogP contribution in [0.1, 0.15) is 28.9 Å². The highest BCUT2D eigenvalue weighted by Gasteiger charge is 2.49. The molecular formula is C15H15NO3S2. The minimum atomic E-state index is -0.851. The number of likely N-dealkylation sites (tertiary alicyclic amines) is 1. The average molecular weight is 321 g/mol. The first kappa shape index (κ1) is 13.3. The van der Waals surface area contributed by atoms with Gasteiger partial charge in [0.05, 0.1) is 4.88 Å². The van der Waals surface area contributed by atoms with E-state index in [-0.39, 0.29) is 11.8 Å². The van der Waals surface area contributed by atoms with Gasteiger partial charge in [0.2, 0.25) is 0 Å². The number of carboxylic acid groups (broad SMARTS) is 1. The van der Waals surface area contributed by atoms with E-state index in [0.29, 0.717) is 17.3 Å². The molecule has 2 aromatic rings. The predicted molar refractivity (Wildman–Crippen MR) is 83.0 cm³/mol. The maximum Gasteiger partial charge on any atom is 0.326 e. The number of amides is 1. The van der Waals surface area contributed by atoms with Crippen LogP contribution in [0.5, 0.6) is 0 Å². The van der Waals surface area contributed by atoms with E-state index in [2.05, 4.69) is 0 Å². The van der Waals surface area contributed by atoms with Crippen molar-refractivity contribution in [2.45, 2.75) is 25.3 Å². The van der Waals surface area contributed by atoms with Gasteiger partial charge >= 0.3 is 5.97 Å². The first-order valence-electron chi connectivity index (χ1n) is 7.16. The zero-order valence-corrected chi connectivity index (χ0v) is 13.0. The fourth-order valence-electron chi connectivity index (χ4n) is 3.84. The normalized spacial score (nSPS) is 28.2. The summed E-state index contributed by atoms with van der Waals surface area (Å²) in [5.74, 6) is -0.440. The van der Waals surface area contributed by atoms with Crippen LogP contribution < -0.4 is 0 Å². The van der Waals surface area contributed by atoms with Crippen LogP contribution in [0, 0.1) is 11.8 Å². The molecule has 1 saturated carbocycles. The lowest BCUT2D eigenvalue weighted by molar-refractivity contribution is -0.142. The van der Waals surface area contributed by atoms with Crippen molar-refractivity contribution in [3.8, 4) is 0 Å². The molecule has 0 radical (unpaired) electrons. The maximum absolute atomic E-state index is 12.7. The third-order valence-electron chi connectivity index (χ3n) is 4.75.